The molecule has 1 unspecified atom stereocenters. The van der Waals surface area contributed by atoms with E-state index in [2.05, 4.69) is 10.6 Å². The second-order valence-corrected chi connectivity index (χ2v) is 4.98. The highest BCUT2D eigenvalue weighted by Crippen LogP contribution is 2.23. The molecule has 1 aliphatic heterocycles. The fourth-order valence-corrected chi connectivity index (χ4v) is 2.39. The smallest absolute Gasteiger partial charge is 0.328 e. The van der Waals surface area contributed by atoms with E-state index in [1.807, 2.05) is 6.92 Å². The fourth-order valence-electron chi connectivity index (χ4n) is 2.39. The summed E-state index contributed by atoms with van der Waals surface area (Å²) in [5.41, 5.74) is 0. The molecule has 0 aromatic heterocycles. The second kappa shape index (κ2) is 6.08. The molecule has 0 aromatic rings. The van der Waals surface area contributed by atoms with Gasteiger partial charge in [0.05, 0.1) is 6.10 Å². The first-order valence-corrected chi connectivity index (χ1v) is 6.69. The number of nitrogens with one attached hydrogen (secondary N) is 2. The van der Waals surface area contributed by atoms with Crippen LogP contribution >= 0.6 is 0 Å². The predicted octanol–water partition coefficient (Wildman–Crippen LogP) is -0.851. The van der Waals surface area contributed by atoms with Crippen molar-refractivity contribution >= 4 is 17.9 Å². The van der Waals surface area contributed by atoms with Gasteiger partial charge in [-0.1, -0.05) is 0 Å². The van der Waals surface area contributed by atoms with E-state index in [1.54, 1.807) is 0 Å². The molecule has 1 aliphatic carbocycles. The number of hydrogen-bond acceptors (Lipinski definition) is 4. The van der Waals surface area contributed by atoms with Crippen LogP contribution in [0.15, 0.2) is 0 Å². The summed E-state index contributed by atoms with van der Waals surface area (Å²) in [6.07, 6.45) is 1.60. The minimum absolute atomic E-state index is 0.0153. The molecule has 3 amide bonds. The van der Waals surface area contributed by atoms with Gasteiger partial charge < -0.3 is 20.5 Å². The van der Waals surface area contributed by atoms with Gasteiger partial charge in [-0.05, 0) is 19.8 Å². The lowest BCUT2D eigenvalue weighted by Gasteiger charge is -2.38. The molecule has 1 heterocycles. The molecule has 1 atom stereocenters. The zero-order valence-electron chi connectivity index (χ0n) is 11.3. The summed E-state index contributed by atoms with van der Waals surface area (Å²) in [5.74, 6) is -1.47. The van der Waals surface area contributed by atoms with Crippen LogP contribution in [0.2, 0.25) is 0 Å². The molecular weight excluding hydrogens is 266 g/mol. The number of piperazine rings is 1. The maximum Gasteiger partial charge on any atom is 0.328 e. The zero-order chi connectivity index (χ0) is 14.7. The molecule has 20 heavy (non-hydrogen) atoms. The van der Waals surface area contributed by atoms with Crippen LogP contribution in [0.5, 0.6) is 0 Å². The van der Waals surface area contributed by atoms with Gasteiger partial charge in [-0.25, -0.2) is 9.59 Å². The number of urea groups is 1. The first-order valence-electron chi connectivity index (χ1n) is 6.69. The van der Waals surface area contributed by atoms with E-state index in [0.717, 1.165) is 17.7 Å². The molecule has 1 saturated heterocycles. The molecule has 2 rings (SSSR count). The van der Waals surface area contributed by atoms with Gasteiger partial charge in [0.1, 0.15) is 12.6 Å². The highest BCUT2D eigenvalue weighted by atomic mass is 16.5. The highest BCUT2D eigenvalue weighted by molar-refractivity contribution is 5.90. The Labute approximate surface area is 116 Å². The summed E-state index contributed by atoms with van der Waals surface area (Å²) in [6.45, 7) is 2.26. The number of carbonyl (C=O) groups excluding carboxylic acids is 2. The summed E-state index contributed by atoms with van der Waals surface area (Å²) < 4.78 is 5.39. The Morgan fingerprint density at radius 1 is 1.50 bits per heavy atom. The van der Waals surface area contributed by atoms with Gasteiger partial charge in [-0.15, -0.1) is 0 Å². The first-order chi connectivity index (χ1) is 9.51. The number of carboxylic acid groups (broad SMARTS) is 1. The summed E-state index contributed by atoms with van der Waals surface area (Å²) >= 11 is 0. The molecule has 0 spiro atoms. The van der Waals surface area contributed by atoms with Crippen LogP contribution in [0.1, 0.15) is 19.8 Å². The maximum atomic E-state index is 12.1. The van der Waals surface area contributed by atoms with Gasteiger partial charge >= 0.3 is 12.0 Å². The Morgan fingerprint density at radius 3 is 2.80 bits per heavy atom. The van der Waals surface area contributed by atoms with E-state index in [4.69, 9.17) is 9.84 Å². The Hall–Kier alpha value is -1.83. The Balaban J connectivity index is 1.87. The third-order valence-corrected chi connectivity index (χ3v) is 3.55. The number of carboxylic acids is 1. The van der Waals surface area contributed by atoms with Crippen LogP contribution < -0.4 is 10.6 Å². The Bertz CT molecular complexity index is 408. The number of rotatable bonds is 4. The molecule has 0 bridgehead atoms. The maximum absolute atomic E-state index is 12.1. The van der Waals surface area contributed by atoms with Crippen molar-refractivity contribution in [3.05, 3.63) is 0 Å². The SMILES string of the molecule is CCOC1CC(NC(=O)N2CC(=O)NCC2C(=O)O)C1. The monoisotopic (exact) mass is 285 g/mol. The van der Waals surface area contributed by atoms with Crippen LogP contribution in [0.25, 0.3) is 0 Å². The number of amides is 3. The molecule has 2 fully saturated rings. The van der Waals surface area contributed by atoms with Gasteiger partial charge in [0, 0.05) is 19.2 Å². The van der Waals surface area contributed by atoms with E-state index >= 15 is 0 Å². The Kier molecular flexibility index (Phi) is 4.43. The van der Waals surface area contributed by atoms with Crippen molar-refractivity contribution in [3.8, 4) is 0 Å². The molecule has 8 heteroatoms. The number of carbonyl (C=O) groups is 3. The van der Waals surface area contributed by atoms with Crippen molar-refractivity contribution in [3.63, 3.8) is 0 Å². The third-order valence-electron chi connectivity index (χ3n) is 3.55. The second-order valence-electron chi connectivity index (χ2n) is 4.98. The normalized spacial score (nSPS) is 29.4. The minimum atomic E-state index is -1.12. The fraction of sp³-hybridized carbons (Fsp3) is 0.750. The van der Waals surface area contributed by atoms with Crippen LogP contribution in [0.3, 0.4) is 0 Å². The number of aliphatic carboxylic acids is 1. The van der Waals surface area contributed by atoms with Crippen molar-refractivity contribution in [2.24, 2.45) is 0 Å². The van der Waals surface area contributed by atoms with E-state index < -0.39 is 18.0 Å². The van der Waals surface area contributed by atoms with E-state index in [0.29, 0.717) is 6.61 Å². The van der Waals surface area contributed by atoms with Gasteiger partial charge in [0.2, 0.25) is 5.91 Å². The topological polar surface area (TPSA) is 108 Å². The molecule has 0 aromatic carbocycles. The lowest BCUT2D eigenvalue weighted by Crippen LogP contribution is -2.63. The average Bonchev–Trinajstić information content (AvgIpc) is 2.35. The van der Waals surface area contributed by atoms with Crippen molar-refractivity contribution in [1.82, 2.24) is 15.5 Å². The van der Waals surface area contributed by atoms with Gasteiger partial charge in [-0.3, -0.25) is 9.69 Å². The lowest BCUT2D eigenvalue weighted by molar-refractivity contribution is -0.144. The molecular formula is C12H19N3O5. The van der Waals surface area contributed by atoms with Crippen LogP contribution in [-0.2, 0) is 14.3 Å². The Morgan fingerprint density at radius 2 is 2.20 bits per heavy atom. The van der Waals surface area contributed by atoms with Gasteiger partial charge in [0.25, 0.3) is 0 Å². The molecule has 8 nitrogen and oxygen atoms in total. The number of ether oxygens (including phenoxy) is 1. The van der Waals surface area contributed by atoms with Crippen LogP contribution in [0, 0.1) is 0 Å². The summed E-state index contributed by atoms with van der Waals surface area (Å²) in [4.78, 5) is 35.5. The summed E-state index contributed by atoms with van der Waals surface area (Å²) in [5, 5.41) is 14.3. The summed E-state index contributed by atoms with van der Waals surface area (Å²) in [7, 11) is 0. The summed E-state index contributed by atoms with van der Waals surface area (Å²) in [6, 6.07) is -1.54. The predicted molar refractivity (Wildman–Crippen MR) is 68.1 cm³/mol. The van der Waals surface area contributed by atoms with Crippen LogP contribution in [-0.4, -0.2) is 65.8 Å². The van der Waals surface area contributed by atoms with E-state index in [9.17, 15) is 14.4 Å². The van der Waals surface area contributed by atoms with Gasteiger partial charge in [-0.2, -0.15) is 0 Å². The average molecular weight is 285 g/mol. The lowest BCUT2D eigenvalue weighted by atomic mass is 9.89. The van der Waals surface area contributed by atoms with E-state index in [-0.39, 0.29) is 31.1 Å². The van der Waals surface area contributed by atoms with E-state index in [1.165, 1.54) is 0 Å². The molecule has 0 radical (unpaired) electrons. The van der Waals surface area contributed by atoms with Gasteiger partial charge in [0.15, 0.2) is 0 Å². The number of hydrogen-bond donors (Lipinski definition) is 3. The first kappa shape index (κ1) is 14.6. The van der Waals surface area contributed by atoms with Crippen molar-refractivity contribution in [2.45, 2.75) is 38.0 Å². The van der Waals surface area contributed by atoms with Crippen LogP contribution in [0.4, 0.5) is 4.79 Å². The molecule has 112 valence electrons. The number of nitrogens with zero attached hydrogens (tertiary/aromatic N) is 1. The molecule has 3 N–H and O–H groups in total. The molecule has 1 saturated carbocycles. The zero-order valence-corrected chi connectivity index (χ0v) is 11.3. The third kappa shape index (κ3) is 3.19. The molecule has 2 aliphatic rings. The highest BCUT2D eigenvalue weighted by Gasteiger charge is 2.38. The standard InChI is InChI=1S/C12H19N3O5/c1-2-20-8-3-7(4-8)14-12(19)15-6-10(16)13-5-9(15)11(17)18/h7-9H,2-6H2,1H3,(H,13,16)(H,14,19)(H,17,18). The minimum Gasteiger partial charge on any atom is -0.480 e. The largest absolute Gasteiger partial charge is 0.480 e. The van der Waals surface area contributed by atoms with Crippen molar-refractivity contribution in [2.75, 3.05) is 19.7 Å². The van der Waals surface area contributed by atoms with Crippen molar-refractivity contribution < 1.29 is 24.2 Å². The quantitative estimate of drug-likeness (QED) is 0.623. The van der Waals surface area contributed by atoms with Crippen molar-refractivity contribution in [1.29, 1.82) is 0 Å².